The smallest absolute Gasteiger partial charge is 0.227 e. The molecule has 1 aliphatic heterocycles. The van der Waals surface area contributed by atoms with Gasteiger partial charge in [-0.3, -0.25) is 4.78 Å². The largest absolute Gasteiger partial charge is 0.494 e. The Balaban J connectivity index is 1.43. The first-order valence-corrected chi connectivity index (χ1v) is 13.2. The summed E-state index contributed by atoms with van der Waals surface area (Å²) in [5.74, 6) is 1.89. The van der Waals surface area contributed by atoms with Gasteiger partial charge < -0.3 is 19.9 Å². The second kappa shape index (κ2) is 8.68. The maximum absolute atomic E-state index is 12.0. The second-order valence-electron chi connectivity index (χ2n) is 7.85. The van der Waals surface area contributed by atoms with E-state index in [-0.39, 0.29) is 0 Å². The minimum atomic E-state index is -2.44. The van der Waals surface area contributed by atoms with E-state index in [9.17, 15) is 4.21 Å². The molecule has 8 nitrogen and oxygen atoms in total. The van der Waals surface area contributed by atoms with Gasteiger partial charge >= 0.3 is 0 Å². The molecule has 0 radical (unpaired) electrons. The van der Waals surface area contributed by atoms with E-state index in [0.717, 1.165) is 38.0 Å². The lowest BCUT2D eigenvalue weighted by Gasteiger charge is -2.30. The van der Waals surface area contributed by atoms with Crippen LogP contribution in [-0.4, -0.2) is 50.9 Å². The van der Waals surface area contributed by atoms with Crippen LogP contribution in [0.1, 0.15) is 0 Å². The molecule has 10 heteroatoms. The SMILES string of the molecule is COc1cc(N2CCS(=N)(=O)CC2)ccc1Nc1ncc(Br)c(-c2c[nH]c3ccccc23)n1. The Morgan fingerprint density at radius 2 is 2.00 bits per heavy atom. The van der Waals surface area contributed by atoms with Crippen LogP contribution in [0.4, 0.5) is 17.3 Å². The molecule has 4 aromatic rings. The fraction of sp³-hybridized carbons (Fsp3) is 0.217. The standard InChI is InChI=1S/C23H23BrN6O2S/c1-32-21-12-15(30-8-10-33(25,31)11-9-30)6-7-20(21)28-23-27-14-18(24)22(29-23)17-13-26-19-5-3-2-4-16(17)19/h2-7,12-14,25-26H,8-11H2,1H3,(H,27,28,29). The number of methoxy groups -OCH3 is 1. The van der Waals surface area contributed by atoms with Gasteiger partial charge in [0.15, 0.2) is 0 Å². The summed E-state index contributed by atoms with van der Waals surface area (Å²) in [7, 11) is -0.814. The van der Waals surface area contributed by atoms with E-state index in [0.29, 0.717) is 36.3 Å². The van der Waals surface area contributed by atoms with E-state index in [1.54, 1.807) is 13.3 Å². The monoisotopic (exact) mass is 526 g/mol. The van der Waals surface area contributed by atoms with Crippen molar-refractivity contribution in [3.05, 3.63) is 59.3 Å². The molecule has 0 atom stereocenters. The first-order chi connectivity index (χ1) is 15.9. The number of aromatic amines is 1. The van der Waals surface area contributed by atoms with Crippen molar-refractivity contribution in [3.8, 4) is 17.0 Å². The molecule has 1 saturated heterocycles. The Labute approximate surface area is 200 Å². The van der Waals surface area contributed by atoms with Crippen molar-refractivity contribution in [3.63, 3.8) is 0 Å². The average molecular weight is 527 g/mol. The third-order valence-electron chi connectivity index (χ3n) is 5.77. The summed E-state index contributed by atoms with van der Waals surface area (Å²) >= 11 is 3.58. The minimum Gasteiger partial charge on any atom is -0.494 e. The Bertz CT molecular complexity index is 1420. The van der Waals surface area contributed by atoms with Crippen molar-refractivity contribution in [1.29, 1.82) is 4.78 Å². The van der Waals surface area contributed by atoms with Crippen LogP contribution in [0.2, 0.25) is 0 Å². The van der Waals surface area contributed by atoms with Gasteiger partial charge in [0, 0.05) is 74.9 Å². The Morgan fingerprint density at radius 1 is 1.21 bits per heavy atom. The number of benzene rings is 2. The van der Waals surface area contributed by atoms with Gasteiger partial charge in [0.05, 0.1) is 23.0 Å². The molecule has 5 rings (SSSR count). The van der Waals surface area contributed by atoms with Crippen LogP contribution in [0.3, 0.4) is 0 Å². The molecule has 0 saturated carbocycles. The molecule has 0 unspecified atom stereocenters. The lowest BCUT2D eigenvalue weighted by molar-refractivity contribution is 0.416. The number of nitrogens with one attached hydrogen (secondary N) is 3. The van der Waals surface area contributed by atoms with Crippen LogP contribution < -0.4 is 15.0 Å². The number of nitrogens with zero attached hydrogens (tertiary/aromatic N) is 3. The molecule has 0 spiro atoms. The van der Waals surface area contributed by atoms with E-state index in [4.69, 9.17) is 14.5 Å². The van der Waals surface area contributed by atoms with Crippen molar-refractivity contribution in [2.45, 2.75) is 0 Å². The third kappa shape index (κ3) is 4.40. The Morgan fingerprint density at radius 3 is 2.79 bits per heavy atom. The van der Waals surface area contributed by atoms with Gasteiger partial charge in [-0.25, -0.2) is 14.2 Å². The maximum atomic E-state index is 12.0. The van der Waals surface area contributed by atoms with Crippen molar-refractivity contribution in [1.82, 2.24) is 15.0 Å². The minimum absolute atomic E-state index is 0.388. The van der Waals surface area contributed by atoms with Crippen LogP contribution in [0.25, 0.3) is 22.2 Å². The van der Waals surface area contributed by atoms with Crippen molar-refractivity contribution >= 4 is 53.9 Å². The van der Waals surface area contributed by atoms with Crippen molar-refractivity contribution < 1.29 is 8.95 Å². The van der Waals surface area contributed by atoms with Crippen LogP contribution >= 0.6 is 15.9 Å². The quantitative estimate of drug-likeness (QED) is 0.337. The Hall–Kier alpha value is -3.11. The highest BCUT2D eigenvalue weighted by molar-refractivity contribution is 9.10. The molecule has 2 aromatic carbocycles. The van der Waals surface area contributed by atoms with Crippen molar-refractivity contribution in [2.24, 2.45) is 0 Å². The molecular weight excluding hydrogens is 504 g/mol. The molecule has 170 valence electrons. The molecule has 2 aromatic heterocycles. The number of H-pyrrole nitrogens is 1. The molecule has 1 aliphatic rings. The van der Waals surface area contributed by atoms with Crippen LogP contribution in [0.5, 0.6) is 5.75 Å². The first-order valence-electron chi connectivity index (χ1n) is 10.5. The predicted octanol–water partition coefficient (Wildman–Crippen LogP) is 5.01. The van der Waals surface area contributed by atoms with E-state index >= 15 is 0 Å². The van der Waals surface area contributed by atoms with Gasteiger partial charge in [-0.1, -0.05) is 18.2 Å². The highest BCUT2D eigenvalue weighted by Crippen LogP contribution is 2.35. The van der Waals surface area contributed by atoms with Gasteiger partial charge in [0.25, 0.3) is 0 Å². The molecule has 0 amide bonds. The van der Waals surface area contributed by atoms with Crippen LogP contribution in [0, 0.1) is 4.78 Å². The molecule has 1 fully saturated rings. The molecule has 33 heavy (non-hydrogen) atoms. The summed E-state index contributed by atoms with van der Waals surface area (Å²) in [6, 6.07) is 14.0. The van der Waals surface area contributed by atoms with E-state index < -0.39 is 9.73 Å². The normalized spacial score (nSPS) is 15.5. The molecular formula is C23H23BrN6O2S. The molecule has 0 aliphatic carbocycles. The number of hydrogen-bond donors (Lipinski definition) is 3. The topological polar surface area (TPSA) is 107 Å². The number of ether oxygens (including phenoxy) is 1. The summed E-state index contributed by atoms with van der Waals surface area (Å²) in [5, 5.41) is 4.36. The zero-order chi connectivity index (χ0) is 23.0. The number of hydrogen-bond acceptors (Lipinski definition) is 7. The zero-order valence-corrected chi connectivity index (χ0v) is 20.4. The maximum Gasteiger partial charge on any atom is 0.227 e. The lowest BCUT2D eigenvalue weighted by atomic mass is 10.1. The van der Waals surface area contributed by atoms with Crippen LogP contribution in [0.15, 0.2) is 59.3 Å². The fourth-order valence-electron chi connectivity index (χ4n) is 3.97. The van der Waals surface area contributed by atoms with Gasteiger partial charge in [-0.15, -0.1) is 0 Å². The van der Waals surface area contributed by atoms with Gasteiger partial charge in [0.2, 0.25) is 5.95 Å². The number of rotatable bonds is 5. The molecule has 3 heterocycles. The number of para-hydroxylation sites is 1. The number of halogens is 1. The zero-order valence-electron chi connectivity index (χ0n) is 18.0. The third-order valence-corrected chi connectivity index (χ3v) is 8.03. The van der Waals surface area contributed by atoms with Gasteiger partial charge in [-0.05, 0) is 34.1 Å². The predicted molar refractivity (Wildman–Crippen MR) is 136 cm³/mol. The number of fused-ring (bicyclic) bond motifs is 1. The first kappa shape index (κ1) is 21.7. The number of anilines is 3. The Kier molecular flexibility index (Phi) is 5.71. The number of aromatic nitrogens is 3. The average Bonchev–Trinajstić information content (AvgIpc) is 3.25. The van der Waals surface area contributed by atoms with Crippen LogP contribution in [-0.2, 0) is 9.73 Å². The lowest BCUT2D eigenvalue weighted by Crippen LogP contribution is -2.39. The highest BCUT2D eigenvalue weighted by Gasteiger charge is 2.20. The fourth-order valence-corrected chi connectivity index (χ4v) is 5.61. The summed E-state index contributed by atoms with van der Waals surface area (Å²) in [6.07, 6.45) is 3.68. The summed E-state index contributed by atoms with van der Waals surface area (Å²) in [4.78, 5) is 14.6. The van der Waals surface area contributed by atoms with Gasteiger partial charge in [-0.2, -0.15) is 0 Å². The molecule has 3 N–H and O–H groups in total. The van der Waals surface area contributed by atoms with E-state index in [1.165, 1.54) is 0 Å². The summed E-state index contributed by atoms with van der Waals surface area (Å²) in [5.41, 5.74) is 4.54. The van der Waals surface area contributed by atoms with E-state index in [2.05, 4.69) is 42.2 Å². The summed E-state index contributed by atoms with van der Waals surface area (Å²) < 4.78 is 26.2. The van der Waals surface area contributed by atoms with Crippen molar-refractivity contribution in [2.75, 3.05) is 41.9 Å². The second-order valence-corrected chi connectivity index (χ2v) is 11.1. The summed E-state index contributed by atoms with van der Waals surface area (Å²) in [6.45, 7) is 1.20. The highest BCUT2D eigenvalue weighted by atomic mass is 79.9. The van der Waals surface area contributed by atoms with Gasteiger partial charge in [0.1, 0.15) is 5.75 Å². The molecule has 0 bridgehead atoms. The van der Waals surface area contributed by atoms with E-state index in [1.807, 2.05) is 42.6 Å².